The van der Waals surface area contributed by atoms with Crippen LogP contribution in [-0.2, 0) is 16.1 Å². The molecular formula is C28H32N4O7. The third kappa shape index (κ3) is 5.71. The molecule has 1 aliphatic rings. The van der Waals surface area contributed by atoms with Crippen molar-refractivity contribution in [2.45, 2.75) is 33.2 Å². The third-order valence-electron chi connectivity index (χ3n) is 6.79. The van der Waals surface area contributed by atoms with Gasteiger partial charge in [0.1, 0.15) is 0 Å². The number of nitrogens with zero attached hydrogens (tertiary/aromatic N) is 4. The number of piperidine rings is 1. The zero-order chi connectivity index (χ0) is 28.1. The summed E-state index contributed by atoms with van der Waals surface area (Å²) in [4.78, 5) is 54.7. The number of aromatic nitrogens is 3. The maximum atomic E-state index is 13.7. The van der Waals surface area contributed by atoms with Gasteiger partial charge in [0, 0.05) is 19.2 Å². The zero-order valence-corrected chi connectivity index (χ0v) is 22.5. The molecule has 11 nitrogen and oxygen atoms in total. The number of rotatable bonds is 8. The molecule has 1 aromatic heterocycles. The van der Waals surface area contributed by atoms with Crippen molar-refractivity contribution in [1.82, 2.24) is 19.2 Å². The van der Waals surface area contributed by atoms with Gasteiger partial charge in [-0.05, 0) is 49.9 Å². The highest BCUT2D eigenvalue weighted by Crippen LogP contribution is 2.28. The van der Waals surface area contributed by atoms with Gasteiger partial charge in [-0.3, -0.25) is 19.0 Å². The maximum Gasteiger partial charge on any atom is 0.352 e. The van der Waals surface area contributed by atoms with Crippen LogP contribution in [-0.4, -0.2) is 65.0 Å². The highest BCUT2D eigenvalue weighted by molar-refractivity contribution is 5.92. The highest BCUT2D eigenvalue weighted by Gasteiger charge is 2.32. The van der Waals surface area contributed by atoms with E-state index in [1.165, 1.54) is 19.1 Å². The summed E-state index contributed by atoms with van der Waals surface area (Å²) in [5.74, 6) is -0.732. The maximum absolute atomic E-state index is 13.7. The van der Waals surface area contributed by atoms with Crippen LogP contribution >= 0.6 is 0 Å². The smallest absolute Gasteiger partial charge is 0.352 e. The van der Waals surface area contributed by atoms with Crippen LogP contribution in [0.5, 0.6) is 11.5 Å². The largest absolute Gasteiger partial charge is 0.493 e. The van der Waals surface area contributed by atoms with Gasteiger partial charge in [-0.1, -0.05) is 24.3 Å². The van der Waals surface area contributed by atoms with Crippen molar-refractivity contribution >= 4 is 11.9 Å². The minimum absolute atomic E-state index is 0.0497. The van der Waals surface area contributed by atoms with Gasteiger partial charge in [0.05, 0.1) is 39.0 Å². The monoisotopic (exact) mass is 536 g/mol. The molecule has 2 heterocycles. The summed E-state index contributed by atoms with van der Waals surface area (Å²) in [7, 11) is 2.95. The van der Waals surface area contributed by atoms with Crippen LogP contribution in [0.15, 0.2) is 52.1 Å². The summed E-state index contributed by atoms with van der Waals surface area (Å²) in [6.07, 6.45) is 1.15. The molecule has 1 saturated heterocycles. The lowest BCUT2D eigenvalue weighted by molar-refractivity contribution is -0.149. The van der Waals surface area contributed by atoms with E-state index in [1.54, 1.807) is 25.1 Å². The third-order valence-corrected chi connectivity index (χ3v) is 6.79. The Hall–Kier alpha value is -4.41. The second kappa shape index (κ2) is 12.0. The van der Waals surface area contributed by atoms with Gasteiger partial charge in [-0.25, -0.2) is 4.79 Å². The molecule has 0 N–H and O–H groups in total. The number of hydrogen-bond donors (Lipinski definition) is 0. The van der Waals surface area contributed by atoms with Crippen molar-refractivity contribution in [3.63, 3.8) is 0 Å². The molecule has 3 aromatic rings. The fourth-order valence-corrected chi connectivity index (χ4v) is 4.63. The molecule has 0 aliphatic carbocycles. The van der Waals surface area contributed by atoms with Crippen LogP contribution < -0.4 is 20.7 Å². The van der Waals surface area contributed by atoms with Crippen LogP contribution in [0.3, 0.4) is 0 Å². The molecule has 1 amide bonds. The minimum atomic E-state index is -0.803. The van der Waals surface area contributed by atoms with E-state index in [-0.39, 0.29) is 31.4 Å². The minimum Gasteiger partial charge on any atom is -0.493 e. The molecule has 11 heteroatoms. The fraction of sp³-hybridized carbons (Fsp3) is 0.393. The molecule has 1 unspecified atom stereocenters. The highest BCUT2D eigenvalue weighted by atomic mass is 16.5. The number of benzene rings is 2. The van der Waals surface area contributed by atoms with E-state index in [0.29, 0.717) is 30.9 Å². The van der Waals surface area contributed by atoms with Gasteiger partial charge >= 0.3 is 11.7 Å². The van der Waals surface area contributed by atoms with E-state index in [2.05, 4.69) is 5.10 Å². The number of amides is 1. The van der Waals surface area contributed by atoms with Crippen LogP contribution in [0, 0.1) is 12.8 Å². The van der Waals surface area contributed by atoms with Gasteiger partial charge in [-0.15, -0.1) is 0 Å². The molecule has 1 fully saturated rings. The summed E-state index contributed by atoms with van der Waals surface area (Å²) in [5.41, 5.74) is -0.00552. The van der Waals surface area contributed by atoms with E-state index in [4.69, 9.17) is 14.2 Å². The average molecular weight is 537 g/mol. The number of carbonyl (C=O) groups excluding carboxylic acids is 2. The Labute approximate surface area is 225 Å². The molecule has 0 saturated carbocycles. The Bertz CT molecular complexity index is 1490. The van der Waals surface area contributed by atoms with Crippen molar-refractivity contribution in [2.24, 2.45) is 5.92 Å². The second-order valence-electron chi connectivity index (χ2n) is 9.24. The molecule has 206 valence electrons. The zero-order valence-electron chi connectivity index (χ0n) is 22.5. The van der Waals surface area contributed by atoms with Gasteiger partial charge in [0.2, 0.25) is 5.69 Å². The normalized spacial score (nSPS) is 15.1. The number of likely N-dealkylation sites (tertiary alicyclic amines) is 1. The predicted molar refractivity (Wildman–Crippen MR) is 143 cm³/mol. The van der Waals surface area contributed by atoms with Crippen LogP contribution in [0.25, 0.3) is 5.69 Å². The number of hydrogen-bond acceptors (Lipinski definition) is 8. The molecule has 0 bridgehead atoms. The number of esters is 1. The summed E-state index contributed by atoms with van der Waals surface area (Å²) in [6, 6.07) is 12.1. The predicted octanol–water partition coefficient (Wildman–Crippen LogP) is 2.18. The van der Waals surface area contributed by atoms with Gasteiger partial charge in [0.25, 0.3) is 11.5 Å². The van der Waals surface area contributed by atoms with Gasteiger partial charge in [-0.2, -0.15) is 9.78 Å². The Balaban J connectivity index is 1.84. The molecule has 0 spiro atoms. The molecule has 2 aromatic carbocycles. The van der Waals surface area contributed by atoms with E-state index >= 15 is 0 Å². The summed E-state index contributed by atoms with van der Waals surface area (Å²) in [6.45, 7) is 4.25. The number of aryl methyl sites for hydroxylation is 1. The van der Waals surface area contributed by atoms with Crippen LogP contribution in [0.4, 0.5) is 0 Å². The van der Waals surface area contributed by atoms with Gasteiger partial charge < -0.3 is 19.1 Å². The first-order valence-electron chi connectivity index (χ1n) is 12.8. The topological polar surface area (TPSA) is 122 Å². The molecule has 39 heavy (non-hydrogen) atoms. The Morgan fingerprint density at radius 1 is 1.05 bits per heavy atom. The first-order chi connectivity index (χ1) is 18.8. The quantitative estimate of drug-likeness (QED) is 0.402. The summed E-state index contributed by atoms with van der Waals surface area (Å²) < 4.78 is 17.8. The average Bonchev–Trinajstić information content (AvgIpc) is 2.95. The lowest BCUT2D eigenvalue weighted by Gasteiger charge is -2.31. The molecule has 1 atom stereocenters. The molecular weight excluding hydrogens is 504 g/mol. The molecule has 4 rings (SSSR count). The summed E-state index contributed by atoms with van der Waals surface area (Å²) in [5, 5.41) is 4.25. The van der Waals surface area contributed by atoms with Crippen molar-refractivity contribution in [3.8, 4) is 17.2 Å². The van der Waals surface area contributed by atoms with E-state index in [9.17, 15) is 19.2 Å². The summed E-state index contributed by atoms with van der Waals surface area (Å²) >= 11 is 0. The number of carbonyl (C=O) groups is 2. The van der Waals surface area contributed by atoms with Crippen molar-refractivity contribution in [2.75, 3.05) is 33.9 Å². The number of methoxy groups -OCH3 is 2. The van der Waals surface area contributed by atoms with Gasteiger partial charge in [0.15, 0.2) is 11.5 Å². The van der Waals surface area contributed by atoms with E-state index in [0.717, 1.165) is 20.4 Å². The second-order valence-corrected chi connectivity index (χ2v) is 9.24. The lowest BCUT2D eigenvalue weighted by atomic mass is 9.98. The van der Waals surface area contributed by atoms with Crippen LogP contribution in [0.2, 0.25) is 0 Å². The SMILES string of the molecule is CCOC(=O)C1CCCN(C(=O)c2nn(-c3ccc(OC)c(OC)c3)c(=O)n(Cc3ccccc3C)c2=O)C1. The number of ether oxygens (including phenoxy) is 3. The van der Waals surface area contributed by atoms with Crippen molar-refractivity contribution in [3.05, 3.63) is 80.1 Å². The Morgan fingerprint density at radius 2 is 1.79 bits per heavy atom. The Morgan fingerprint density at radius 3 is 2.49 bits per heavy atom. The van der Waals surface area contributed by atoms with Crippen molar-refractivity contribution in [1.29, 1.82) is 0 Å². The fourth-order valence-electron chi connectivity index (χ4n) is 4.63. The van der Waals surface area contributed by atoms with Crippen molar-refractivity contribution < 1.29 is 23.8 Å². The molecule has 0 radical (unpaired) electrons. The lowest BCUT2D eigenvalue weighted by Crippen LogP contribution is -2.49. The first-order valence-corrected chi connectivity index (χ1v) is 12.8. The standard InChI is InChI=1S/C28H32N4O7/c1-5-39-27(35)20-11-8-14-30(16-20)25(33)24-26(34)31(17-19-10-7-6-9-18(19)2)28(36)32(29-24)21-12-13-22(37-3)23(15-21)38-4/h6-7,9-10,12-13,15,20H,5,8,11,14,16-17H2,1-4H3. The van der Waals surface area contributed by atoms with Crippen LogP contribution in [0.1, 0.15) is 41.4 Å². The van der Waals surface area contributed by atoms with E-state index in [1.807, 2.05) is 31.2 Å². The Kier molecular flexibility index (Phi) is 8.48. The van der Waals surface area contributed by atoms with E-state index < -0.39 is 28.8 Å². The molecule has 1 aliphatic heterocycles. The first kappa shape index (κ1) is 27.6.